The van der Waals surface area contributed by atoms with E-state index in [0.717, 1.165) is 0 Å². The quantitative estimate of drug-likeness (QED) is 0.427. The lowest BCUT2D eigenvalue weighted by Crippen LogP contribution is -2.23. The second-order valence-corrected chi connectivity index (χ2v) is 2.22. The van der Waals surface area contributed by atoms with Crippen LogP contribution in [0.1, 0.15) is 19.3 Å². The number of carbonyl (C=O) groups excluding carboxylic acids is 1. The predicted octanol–water partition coefficient (Wildman–Crippen LogP) is -1.13. The zero-order chi connectivity index (χ0) is 7.98. The van der Waals surface area contributed by atoms with E-state index < -0.39 is 12.3 Å². The maximum absolute atomic E-state index is 9.84. The third kappa shape index (κ3) is 5.68. The van der Waals surface area contributed by atoms with Gasteiger partial charge >= 0.3 is 0 Å². The van der Waals surface area contributed by atoms with E-state index in [9.17, 15) is 4.79 Å². The van der Waals surface area contributed by atoms with Crippen LogP contribution in [0.15, 0.2) is 0 Å². The Balaban J connectivity index is 3.11. The Morgan fingerprint density at radius 1 is 1.40 bits per heavy atom. The highest BCUT2D eigenvalue weighted by Crippen LogP contribution is 1.97. The minimum atomic E-state index is -0.793. The van der Waals surface area contributed by atoms with Crippen LogP contribution in [0.5, 0.6) is 0 Å². The lowest BCUT2D eigenvalue weighted by Gasteiger charge is -2.04. The summed E-state index contributed by atoms with van der Waals surface area (Å²) in [7, 11) is 0. The Labute approximate surface area is 60.2 Å². The van der Waals surface area contributed by atoms with E-state index in [0.29, 0.717) is 19.3 Å². The van der Waals surface area contributed by atoms with E-state index in [4.69, 9.17) is 16.6 Å². The molecule has 4 nitrogen and oxygen atoms in total. The van der Waals surface area contributed by atoms with Crippen molar-refractivity contribution in [1.82, 2.24) is 0 Å². The molecule has 0 aliphatic heterocycles. The highest BCUT2D eigenvalue weighted by molar-refractivity contribution is 5.57. The van der Waals surface area contributed by atoms with Gasteiger partial charge in [-0.25, -0.2) is 0 Å². The van der Waals surface area contributed by atoms with Gasteiger partial charge in [0.1, 0.15) is 6.23 Å². The van der Waals surface area contributed by atoms with Crippen molar-refractivity contribution >= 4 is 6.29 Å². The molecule has 0 fully saturated rings. The van der Waals surface area contributed by atoms with Gasteiger partial charge in [0.2, 0.25) is 6.29 Å². The smallest absolute Gasteiger partial charge is 0.216 e. The van der Waals surface area contributed by atoms with E-state index in [1.165, 1.54) is 0 Å². The number of hydrogen-bond acceptors (Lipinski definition) is 4. The molecule has 0 saturated carbocycles. The van der Waals surface area contributed by atoms with Crippen molar-refractivity contribution in [3.05, 3.63) is 0 Å². The number of aliphatic hydroxyl groups is 1. The zero-order valence-corrected chi connectivity index (χ0v) is 5.79. The Hall–Kier alpha value is -0.450. The first-order valence-corrected chi connectivity index (χ1v) is 3.23. The Bertz CT molecular complexity index is 95.7. The summed E-state index contributed by atoms with van der Waals surface area (Å²) in [5.74, 6) is 0. The molecule has 59 valence electrons. The van der Waals surface area contributed by atoms with E-state index in [1.54, 1.807) is 6.29 Å². The summed E-state index contributed by atoms with van der Waals surface area (Å²) in [6.45, 7) is 0. The highest BCUT2D eigenvalue weighted by atomic mass is 16.3. The maximum Gasteiger partial charge on any atom is 0.216 e. The molecule has 2 atom stereocenters. The van der Waals surface area contributed by atoms with Crippen LogP contribution in [-0.2, 0) is 4.79 Å². The van der Waals surface area contributed by atoms with Gasteiger partial charge in [-0.3, -0.25) is 4.79 Å². The van der Waals surface area contributed by atoms with E-state index in [1.807, 2.05) is 0 Å². The first kappa shape index (κ1) is 9.55. The monoisotopic (exact) mass is 145 g/mol. The zero-order valence-electron chi connectivity index (χ0n) is 5.79. The normalized spacial score (nSPS) is 16.3. The van der Waals surface area contributed by atoms with Crippen LogP contribution >= 0.6 is 0 Å². The molecule has 0 aromatic carbocycles. The molecule has 0 aliphatic carbocycles. The van der Waals surface area contributed by atoms with Crippen molar-refractivity contribution in [2.75, 3.05) is 0 Å². The molecule has 0 bridgehead atoms. The average Bonchev–Trinajstić information content (AvgIpc) is 1.87. The molecular formula is C6H13N2O2. The lowest BCUT2D eigenvalue weighted by atomic mass is 10.1. The van der Waals surface area contributed by atoms with Gasteiger partial charge in [-0.05, 0) is 19.3 Å². The van der Waals surface area contributed by atoms with Crippen molar-refractivity contribution in [3.63, 3.8) is 0 Å². The number of rotatable bonds is 5. The molecule has 0 aromatic rings. The molecule has 4 heteroatoms. The maximum atomic E-state index is 9.84. The molecule has 5 N–H and O–H groups in total. The molecule has 1 unspecified atom stereocenters. The third-order valence-corrected chi connectivity index (χ3v) is 1.17. The predicted molar refractivity (Wildman–Crippen MR) is 37.7 cm³/mol. The summed E-state index contributed by atoms with van der Waals surface area (Å²) in [6.07, 6.45) is 2.53. The van der Waals surface area contributed by atoms with E-state index in [-0.39, 0.29) is 0 Å². The van der Waals surface area contributed by atoms with Crippen LogP contribution in [0.3, 0.4) is 0 Å². The van der Waals surface area contributed by atoms with Crippen molar-refractivity contribution in [3.8, 4) is 0 Å². The van der Waals surface area contributed by atoms with Crippen LogP contribution in [-0.4, -0.2) is 23.7 Å². The van der Waals surface area contributed by atoms with Crippen molar-refractivity contribution < 1.29 is 9.90 Å². The molecule has 0 spiro atoms. The molecule has 1 radical (unpaired) electrons. The fourth-order valence-corrected chi connectivity index (χ4v) is 0.606. The van der Waals surface area contributed by atoms with Crippen LogP contribution in [0.25, 0.3) is 0 Å². The van der Waals surface area contributed by atoms with Crippen LogP contribution in [0.4, 0.5) is 0 Å². The van der Waals surface area contributed by atoms with Crippen LogP contribution < -0.4 is 11.5 Å². The van der Waals surface area contributed by atoms with Crippen LogP contribution in [0, 0.1) is 0 Å². The first-order chi connectivity index (χ1) is 4.66. The summed E-state index contributed by atoms with van der Waals surface area (Å²) in [5.41, 5.74) is 10.2. The van der Waals surface area contributed by atoms with Gasteiger partial charge in [0, 0.05) is 0 Å². The largest absolute Gasteiger partial charge is 0.379 e. The van der Waals surface area contributed by atoms with Gasteiger partial charge in [-0.2, -0.15) is 0 Å². The molecule has 10 heavy (non-hydrogen) atoms. The lowest BCUT2D eigenvalue weighted by molar-refractivity contribution is 0.168. The van der Waals surface area contributed by atoms with Gasteiger partial charge in [0.25, 0.3) is 0 Å². The number of aliphatic hydroxyl groups excluding tert-OH is 1. The summed E-state index contributed by atoms with van der Waals surface area (Å²) in [6, 6.07) is -0.529. The second kappa shape index (κ2) is 5.34. The number of hydrogen-bond donors (Lipinski definition) is 3. The SMILES string of the molecule is NC(O)CCC[C@H](N)[C]=O. The molecule has 0 heterocycles. The minimum absolute atomic E-state index is 0.482. The standard InChI is InChI=1S/C6H13N2O2/c7-5(4-9)2-1-3-6(8)10/h5-6,10H,1-3,7-8H2/t5-,6?/m0/s1. The van der Waals surface area contributed by atoms with E-state index >= 15 is 0 Å². The number of nitrogens with two attached hydrogens (primary N) is 2. The van der Waals surface area contributed by atoms with Gasteiger partial charge < -0.3 is 16.6 Å². The fraction of sp³-hybridized carbons (Fsp3) is 0.833. The van der Waals surface area contributed by atoms with Gasteiger partial charge in [0.05, 0.1) is 6.04 Å². The summed E-state index contributed by atoms with van der Waals surface area (Å²) in [5, 5.41) is 8.58. The topological polar surface area (TPSA) is 89.3 Å². The Morgan fingerprint density at radius 3 is 2.40 bits per heavy atom. The van der Waals surface area contributed by atoms with E-state index in [2.05, 4.69) is 0 Å². The van der Waals surface area contributed by atoms with Gasteiger partial charge in [0.15, 0.2) is 0 Å². The Morgan fingerprint density at radius 2 is 2.00 bits per heavy atom. The second-order valence-electron chi connectivity index (χ2n) is 2.22. The van der Waals surface area contributed by atoms with Crippen molar-refractivity contribution in [2.24, 2.45) is 11.5 Å². The average molecular weight is 145 g/mol. The van der Waals surface area contributed by atoms with Gasteiger partial charge in [-0.15, -0.1) is 0 Å². The van der Waals surface area contributed by atoms with Crippen molar-refractivity contribution in [2.45, 2.75) is 31.5 Å². The molecule has 0 aliphatic rings. The molecule has 0 rings (SSSR count). The summed E-state index contributed by atoms with van der Waals surface area (Å²) >= 11 is 0. The molecule has 0 saturated heterocycles. The Kier molecular flexibility index (Phi) is 5.10. The fourth-order valence-electron chi connectivity index (χ4n) is 0.606. The minimum Gasteiger partial charge on any atom is -0.379 e. The van der Waals surface area contributed by atoms with Gasteiger partial charge in [-0.1, -0.05) is 0 Å². The third-order valence-electron chi connectivity index (χ3n) is 1.17. The molecule has 0 aromatic heterocycles. The van der Waals surface area contributed by atoms with Crippen LogP contribution in [0.2, 0.25) is 0 Å². The van der Waals surface area contributed by atoms with Crippen molar-refractivity contribution in [1.29, 1.82) is 0 Å². The summed E-state index contributed by atoms with van der Waals surface area (Å²) < 4.78 is 0. The highest BCUT2D eigenvalue weighted by Gasteiger charge is 2.01. The molecular weight excluding hydrogens is 132 g/mol. The molecule has 0 amide bonds. The first-order valence-electron chi connectivity index (χ1n) is 3.23. The summed E-state index contributed by atoms with van der Waals surface area (Å²) in [4.78, 5) is 9.84.